The molecule has 2 heterocycles. The van der Waals surface area contributed by atoms with Gasteiger partial charge in [0.25, 0.3) is 0 Å². The Balaban J connectivity index is 2.66. The zero-order valence-electron chi connectivity index (χ0n) is 12.3. The maximum absolute atomic E-state index is 12.0. The van der Waals surface area contributed by atoms with Crippen molar-refractivity contribution in [2.45, 2.75) is 51.5 Å². The number of hydrogen-bond donors (Lipinski definition) is 1. The summed E-state index contributed by atoms with van der Waals surface area (Å²) in [5, 5.41) is 9.31. The fraction of sp³-hybridized carbons (Fsp3) is 0.643. The van der Waals surface area contributed by atoms with Gasteiger partial charge in [0.05, 0.1) is 12.8 Å². The number of imidazole rings is 1. The first-order valence-electron chi connectivity index (χ1n) is 6.70. The number of carbonyl (C=O) groups is 2. The van der Waals surface area contributed by atoms with Crippen LogP contribution in [-0.2, 0) is 21.4 Å². The van der Waals surface area contributed by atoms with Crippen LogP contribution in [0.15, 0.2) is 0 Å². The SMILES string of the molecule is COC(=O)C1CCCc2c(C(=O)O)nc(C(C)(C)C)n21. The lowest BCUT2D eigenvalue weighted by molar-refractivity contribution is -0.145. The molecule has 0 spiro atoms. The first kappa shape index (κ1) is 14.6. The van der Waals surface area contributed by atoms with Crippen molar-refractivity contribution in [3.8, 4) is 0 Å². The topological polar surface area (TPSA) is 81.4 Å². The van der Waals surface area contributed by atoms with Crippen molar-refractivity contribution >= 4 is 11.9 Å². The van der Waals surface area contributed by atoms with Gasteiger partial charge in [-0.1, -0.05) is 20.8 Å². The average molecular weight is 280 g/mol. The van der Waals surface area contributed by atoms with Crippen LogP contribution in [0.3, 0.4) is 0 Å². The third-order valence-corrected chi connectivity index (χ3v) is 3.56. The molecule has 1 aliphatic rings. The molecule has 1 unspecified atom stereocenters. The van der Waals surface area contributed by atoms with Gasteiger partial charge in [0.2, 0.25) is 0 Å². The molecule has 20 heavy (non-hydrogen) atoms. The number of aromatic nitrogens is 2. The van der Waals surface area contributed by atoms with Crippen molar-refractivity contribution in [3.63, 3.8) is 0 Å². The molecule has 1 N–H and O–H groups in total. The molecular weight excluding hydrogens is 260 g/mol. The lowest BCUT2D eigenvalue weighted by Gasteiger charge is -2.29. The van der Waals surface area contributed by atoms with Crippen LogP contribution in [0.4, 0.5) is 0 Å². The molecule has 1 atom stereocenters. The number of carbonyl (C=O) groups excluding carboxylic acids is 1. The highest BCUT2D eigenvalue weighted by Gasteiger charge is 2.36. The minimum Gasteiger partial charge on any atom is -0.476 e. The van der Waals surface area contributed by atoms with E-state index >= 15 is 0 Å². The first-order chi connectivity index (χ1) is 9.27. The van der Waals surface area contributed by atoms with E-state index in [1.54, 1.807) is 4.57 Å². The fourth-order valence-electron chi connectivity index (χ4n) is 2.69. The van der Waals surface area contributed by atoms with Gasteiger partial charge >= 0.3 is 11.9 Å². The third kappa shape index (κ3) is 2.30. The molecule has 6 heteroatoms. The van der Waals surface area contributed by atoms with Gasteiger partial charge in [-0.05, 0) is 19.3 Å². The zero-order valence-corrected chi connectivity index (χ0v) is 12.3. The van der Waals surface area contributed by atoms with E-state index in [4.69, 9.17) is 4.74 Å². The van der Waals surface area contributed by atoms with Gasteiger partial charge in [-0.3, -0.25) is 0 Å². The molecule has 6 nitrogen and oxygen atoms in total. The van der Waals surface area contributed by atoms with E-state index in [0.29, 0.717) is 24.4 Å². The highest BCUT2D eigenvalue weighted by Crippen LogP contribution is 2.34. The lowest BCUT2D eigenvalue weighted by Crippen LogP contribution is -2.31. The summed E-state index contributed by atoms with van der Waals surface area (Å²) in [7, 11) is 1.35. The number of carboxylic acids is 1. The van der Waals surface area contributed by atoms with Crippen LogP contribution >= 0.6 is 0 Å². The van der Waals surface area contributed by atoms with Gasteiger partial charge < -0.3 is 14.4 Å². The summed E-state index contributed by atoms with van der Waals surface area (Å²) in [4.78, 5) is 27.6. The Bertz CT molecular complexity index is 554. The summed E-state index contributed by atoms with van der Waals surface area (Å²) in [6, 6.07) is -0.474. The summed E-state index contributed by atoms with van der Waals surface area (Å²) in [6.07, 6.45) is 2.03. The Labute approximate surface area is 117 Å². The van der Waals surface area contributed by atoms with Gasteiger partial charge in [-0.15, -0.1) is 0 Å². The van der Waals surface area contributed by atoms with Crippen molar-refractivity contribution in [2.75, 3.05) is 7.11 Å². The second-order valence-corrected chi connectivity index (χ2v) is 6.09. The summed E-state index contributed by atoms with van der Waals surface area (Å²) in [5.74, 6) is -0.763. The van der Waals surface area contributed by atoms with Crippen LogP contribution in [0, 0.1) is 0 Å². The number of ether oxygens (including phenoxy) is 1. The number of fused-ring (bicyclic) bond motifs is 1. The predicted octanol–water partition coefficient (Wildman–Crippen LogP) is 1.93. The van der Waals surface area contributed by atoms with E-state index in [2.05, 4.69) is 4.98 Å². The first-order valence-corrected chi connectivity index (χ1v) is 6.70. The molecular formula is C14H20N2O4. The summed E-state index contributed by atoms with van der Waals surface area (Å²) >= 11 is 0. The van der Waals surface area contributed by atoms with E-state index in [1.807, 2.05) is 20.8 Å². The number of esters is 1. The molecule has 0 saturated heterocycles. The molecule has 1 aliphatic heterocycles. The normalized spacial score (nSPS) is 18.5. The quantitative estimate of drug-likeness (QED) is 0.837. The van der Waals surface area contributed by atoms with Gasteiger partial charge in [-0.25, -0.2) is 14.6 Å². The number of methoxy groups -OCH3 is 1. The molecule has 0 amide bonds. The second-order valence-electron chi connectivity index (χ2n) is 6.09. The summed E-state index contributed by atoms with van der Waals surface area (Å²) in [5.41, 5.74) is 0.346. The Morgan fingerprint density at radius 3 is 2.55 bits per heavy atom. The van der Waals surface area contributed by atoms with Crippen LogP contribution in [0.5, 0.6) is 0 Å². The minimum absolute atomic E-state index is 0.0588. The largest absolute Gasteiger partial charge is 0.476 e. The van der Waals surface area contributed by atoms with Gasteiger partial charge in [0, 0.05) is 5.41 Å². The van der Waals surface area contributed by atoms with E-state index in [-0.39, 0.29) is 17.1 Å². The van der Waals surface area contributed by atoms with Gasteiger partial charge in [0.1, 0.15) is 11.9 Å². The number of aromatic carboxylic acids is 1. The molecule has 2 rings (SSSR count). The number of carboxylic acid groups (broad SMARTS) is 1. The Morgan fingerprint density at radius 1 is 1.40 bits per heavy atom. The highest BCUT2D eigenvalue weighted by molar-refractivity contribution is 5.87. The standard InChI is InChI=1S/C14H20N2O4/c1-14(2,3)13-15-10(11(17)18)8-6-5-7-9(16(8)13)12(19)20-4/h9H,5-7H2,1-4H3,(H,17,18). The highest BCUT2D eigenvalue weighted by atomic mass is 16.5. The van der Waals surface area contributed by atoms with Crippen LogP contribution < -0.4 is 0 Å². The van der Waals surface area contributed by atoms with E-state index in [1.165, 1.54) is 7.11 Å². The van der Waals surface area contributed by atoms with Crippen molar-refractivity contribution in [3.05, 3.63) is 17.2 Å². The summed E-state index contributed by atoms with van der Waals surface area (Å²) in [6.45, 7) is 5.87. The van der Waals surface area contributed by atoms with E-state index in [9.17, 15) is 14.7 Å². The molecule has 0 aliphatic carbocycles. The smallest absolute Gasteiger partial charge is 0.356 e. The van der Waals surface area contributed by atoms with Crippen LogP contribution in [-0.4, -0.2) is 33.7 Å². The lowest BCUT2D eigenvalue weighted by atomic mass is 9.93. The summed E-state index contributed by atoms with van der Waals surface area (Å²) < 4.78 is 6.63. The van der Waals surface area contributed by atoms with Crippen LogP contribution in [0.25, 0.3) is 0 Å². The number of hydrogen-bond acceptors (Lipinski definition) is 4. The van der Waals surface area contributed by atoms with Gasteiger partial charge in [-0.2, -0.15) is 0 Å². The third-order valence-electron chi connectivity index (χ3n) is 3.56. The molecule has 0 radical (unpaired) electrons. The fourth-order valence-corrected chi connectivity index (χ4v) is 2.69. The maximum atomic E-state index is 12.0. The molecule has 110 valence electrons. The van der Waals surface area contributed by atoms with Crippen molar-refractivity contribution in [2.24, 2.45) is 0 Å². The molecule has 0 fully saturated rings. The number of nitrogens with zero attached hydrogens (tertiary/aromatic N) is 2. The molecule has 0 aromatic carbocycles. The Hall–Kier alpha value is -1.85. The van der Waals surface area contributed by atoms with Crippen molar-refractivity contribution in [1.29, 1.82) is 0 Å². The minimum atomic E-state index is -1.05. The second kappa shape index (κ2) is 4.92. The average Bonchev–Trinajstić information content (AvgIpc) is 2.77. The maximum Gasteiger partial charge on any atom is 0.356 e. The van der Waals surface area contributed by atoms with Crippen LogP contribution in [0.2, 0.25) is 0 Å². The van der Waals surface area contributed by atoms with Crippen LogP contribution in [0.1, 0.15) is 61.7 Å². The zero-order chi connectivity index (χ0) is 15.1. The Kier molecular flexibility index (Phi) is 3.58. The van der Waals surface area contributed by atoms with E-state index < -0.39 is 12.0 Å². The predicted molar refractivity (Wildman–Crippen MR) is 71.9 cm³/mol. The molecule has 1 aromatic rings. The van der Waals surface area contributed by atoms with Crippen molar-refractivity contribution < 1.29 is 19.4 Å². The Morgan fingerprint density at radius 2 is 2.05 bits per heavy atom. The van der Waals surface area contributed by atoms with Gasteiger partial charge in [0.15, 0.2) is 5.69 Å². The number of rotatable bonds is 2. The monoisotopic (exact) mass is 280 g/mol. The molecule has 1 aromatic heterocycles. The molecule has 0 saturated carbocycles. The van der Waals surface area contributed by atoms with E-state index in [0.717, 1.165) is 6.42 Å². The van der Waals surface area contributed by atoms with Crippen molar-refractivity contribution in [1.82, 2.24) is 9.55 Å². The molecule has 0 bridgehead atoms.